The van der Waals surface area contributed by atoms with Gasteiger partial charge in [-0.15, -0.1) is 0 Å². The van der Waals surface area contributed by atoms with Crippen molar-refractivity contribution < 1.29 is 23.9 Å². The van der Waals surface area contributed by atoms with Gasteiger partial charge in [0.25, 0.3) is 5.91 Å². The second kappa shape index (κ2) is 8.47. The van der Waals surface area contributed by atoms with Gasteiger partial charge in [0, 0.05) is 5.56 Å². The van der Waals surface area contributed by atoms with Crippen LogP contribution in [0.1, 0.15) is 52.8 Å². The van der Waals surface area contributed by atoms with Crippen LogP contribution in [0, 0.1) is 5.92 Å². The van der Waals surface area contributed by atoms with Crippen molar-refractivity contribution in [3.63, 3.8) is 0 Å². The van der Waals surface area contributed by atoms with Crippen LogP contribution in [-0.2, 0) is 14.3 Å². The van der Waals surface area contributed by atoms with Crippen LogP contribution in [0.4, 0.5) is 0 Å². The van der Waals surface area contributed by atoms with Crippen molar-refractivity contribution in [3.8, 4) is 0 Å². The highest BCUT2D eigenvalue weighted by molar-refractivity contribution is 5.99. The Labute approximate surface area is 141 Å². The summed E-state index contributed by atoms with van der Waals surface area (Å²) in [6.45, 7) is 0. The minimum atomic E-state index is -0.662. The van der Waals surface area contributed by atoms with Gasteiger partial charge in [-0.1, -0.05) is 25.3 Å². The zero-order valence-corrected chi connectivity index (χ0v) is 14.0. The highest BCUT2D eigenvalue weighted by Gasteiger charge is 2.32. The number of amides is 1. The number of hydrogen-bond acceptors (Lipinski definition) is 5. The molecule has 1 aromatic rings. The van der Waals surface area contributed by atoms with Gasteiger partial charge >= 0.3 is 11.9 Å². The van der Waals surface area contributed by atoms with E-state index in [1.807, 2.05) is 0 Å². The van der Waals surface area contributed by atoms with Crippen LogP contribution in [-0.4, -0.2) is 38.1 Å². The fraction of sp³-hybridized carbons (Fsp3) is 0.500. The molecule has 0 aliphatic heterocycles. The molecule has 1 fully saturated rings. The second-order valence-corrected chi connectivity index (χ2v) is 5.94. The smallest absolute Gasteiger partial charge is 0.337 e. The van der Waals surface area contributed by atoms with E-state index in [4.69, 9.17) is 4.74 Å². The lowest BCUT2D eigenvalue weighted by molar-refractivity contribution is -0.144. The van der Waals surface area contributed by atoms with Crippen molar-refractivity contribution >= 4 is 17.8 Å². The average molecular weight is 333 g/mol. The molecule has 1 amide bonds. The molecule has 1 aromatic carbocycles. The Morgan fingerprint density at radius 2 is 1.71 bits per heavy atom. The number of carbonyl (C=O) groups excluding carboxylic acids is 3. The molecule has 1 saturated carbocycles. The number of benzene rings is 1. The fourth-order valence-electron chi connectivity index (χ4n) is 3.09. The molecule has 6 heteroatoms. The third kappa shape index (κ3) is 4.34. The molecule has 0 aromatic heterocycles. The minimum Gasteiger partial charge on any atom is -0.467 e. The van der Waals surface area contributed by atoms with Gasteiger partial charge in [0.15, 0.2) is 0 Å². The summed E-state index contributed by atoms with van der Waals surface area (Å²) >= 11 is 0. The number of hydrogen-bond donors (Lipinski definition) is 1. The van der Waals surface area contributed by atoms with Gasteiger partial charge in [0.1, 0.15) is 6.04 Å². The zero-order chi connectivity index (χ0) is 17.5. The highest BCUT2D eigenvalue weighted by Crippen LogP contribution is 2.27. The van der Waals surface area contributed by atoms with E-state index in [1.165, 1.54) is 20.3 Å². The lowest BCUT2D eigenvalue weighted by Crippen LogP contribution is -2.47. The molecule has 0 bridgehead atoms. The Bertz CT molecular complexity index is 607. The zero-order valence-electron chi connectivity index (χ0n) is 14.0. The molecule has 0 heterocycles. The number of nitrogens with one attached hydrogen (secondary N) is 1. The van der Waals surface area contributed by atoms with Gasteiger partial charge in [0.05, 0.1) is 19.8 Å². The summed E-state index contributed by atoms with van der Waals surface area (Å²) in [5, 5.41) is 2.77. The number of esters is 2. The van der Waals surface area contributed by atoms with Gasteiger partial charge in [-0.25, -0.2) is 9.59 Å². The van der Waals surface area contributed by atoms with Gasteiger partial charge in [0.2, 0.25) is 0 Å². The summed E-state index contributed by atoms with van der Waals surface area (Å²) in [7, 11) is 2.60. The van der Waals surface area contributed by atoms with E-state index in [2.05, 4.69) is 10.1 Å². The molecule has 0 spiro atoms. The Hall–Kier alpha value is -2.37. The van der Waals surface area contributed by atoms with Crippen LogP contribution in [0.5, 0.6) is 0 Å². The summed E-state index contributed by atoms with van der Waals surface area (Å²) in [5.41, 5.74) is 0.597. The van der Waals surface area contributed by atoms with E-state index in [9.17, 15) is 14.4 Å². The standard InChI is InChI=1S/C18H23NO5/c1-23-17(21)14-10-6-9-13(11-14)16(20)19-15(18(22)24-2)12-7-4-3-5-8-12/h6,9-12,15H,3-5,7-8H2,1-2H3,(H,19,20)/t15-/m0/s1. The SMILES string of the molecule is COC(=O)c1cccc(C(=O)N[C@H](C(=O)OC)C2CCCCC2)c1. The van der Waals surface area contributed by atoms with Gasteiger partial charge in [-0.3, -0.25) is 4.79 Å². The maximum Gasteiger partial charge on any atom is 0.337 e. The molecule has 0 saturated heterocycles. The summed E-state index contributed by atoms with van der Waals surface area (Å²) in [6.07, 6.45) is 5.03. The van der Waals surface area contributed by atoms with Crippen molar-refractivity contribution in [3.05, 3.63) is 35.4 Å². The maximum atomic E-state index is 12.5. The molecule has 2 rings (SSSR count). The topological polar surface area (TPSA) is 81.7 Å². The second-order valence-electron chi connectivity index (χ2n) is 5.94. The molecule has 1 N–H and O–H groups in total. The number of carbonyl (C=O) groups is 3. The number of rotatable bonds is 5. The third-order valence-electron chi connectivity index (χ3n) is 4.41. The summed E-state index contributed by atoms with van der Waals surface area (Å²) in [4.78, 5) is 36.2. The Morgan fingerprint density at radius 3 is 2.33 bits per heavy atom. The fourth-order valence-corrected chi connectivity index (χ4v) is 3.09. The molecule has 0 unspecified atom stereocenters. The van der Waals surface area contributed by atoms with Crippen molar-refractivity contribution in [1.82, 2.24) is 5.32 Å². The van der Waals surface area contributed by atoms with Crippen molar-refractivity contribution in [2.75, 3.05) is 14.2 Å². The van der Waals surface area contributed by atoms with E-state index < -0.39 is 23.9 Å². The summed E-state index contributed by atoms with van der Waals surface area (Å²) < 4.78 is 9.51. The first-order chi connectivity index (χ1) is 11.6. The summed E-state index contributed by atoms with van der Waals surface area (Å²) in [6, 6.07) is 5.56. The van der Waals surface area contributed by atoms with E-state index >= 15 is 0 Å². The highest BCUT2D eigenvalue weighted by atomic mass is 16.5. The Balaban J connectivity index is 2.15. The quantitative estimate of drug-likeness (QED) is 0.836. The van der Waals surface area contributed by atoms with E-state index in [-0.39, 0.29) is 11.5 Å². The lowest BCUT2D eigenvalue weighted by Gasteiger charge is -2.29. The van der Waals surface area contributed by atoms with Gasteiger partial charge in [-0.05, 0) is 37.0 Å². The molecular weight excluding hydrogens is 310 g/mol. The van der Waals surface area contributed by atoms with Crippen LogP contribution in [0.2, 0.25) is 0 Å². The minimum absolute atomic E-state index is 0.0824. The van der Waals surface area contributed by atoms with Crippen LogP contribution < -0.4 is 5.32 Å². The van der Waals surface area contributed by atoms with Crippen LogP contribution in [0.3, 0.4) is 0 Å². The Morgan fingerprint density at radius 1 is 1.04 bits per heavy atom. The molecular formula is C18H23NO5. The van der Waals surface area contributed by atoms with Crippen molar-refractivity contribution in [2.24, 2.45) is 5.92 Å². The maximum absolute atomic E-state index is 12.5. The molecule has 6 nitrogen and oxygen atoms in total. The number of ether oxygens (including phenoxy) is 2. The predicted molar refractivity (Wildman–Crippen MR) is 87.6 cm³/mol. The normalized spacial score (nSPS) is 16.1. The van der Waals surface area contributed by atoms with E-state index in [0.717, 1.165) is 32.1 Å². The van der Waals surface area contributed by atoms with Crippen LogP contribution in [0.15, 0.2) is 24.3 Å². The first-order valence-corrected chi connectivity index (χ1v) is 8.14. The van der Waals surface area contributed by atoms with E-state index in [0.29, 0.717) is 5.56 Å². The largest absolute Gasteiger partial charge is 0.467 e. The van der Waals surface area contributed by atoms with E-state index in [1.54, 1.807) is 18.2 Å². The molecule has 1 aliphatic carbocycles. The molecule has 1 atom stereocenters. The van der Waals surface area contributed by atoms with Crippen molar-refractivity contribution in [1.29, 1.82) is 0 Å². The van der Waals surface area contributed by atoms with Gasteiger partial charge < -0.3 is 14.8 Å². The first-order valence-electron chi connectivity index (χ1n) is 8.14. The Kier molecular flexibility index (Phi) is 6.35. The van der Waals surface area contributed by atoms with Crippen LogP contribution >= 0.6 is 0 Å². The molecule has 1 aliphatic rings. The first kappa shape index (κ1) is 18.0. The summed E-state index contributed by atoms with van der Waals surface area (Å²) in [5.74, 6) is -1.26. The average Bonchev–Trinajstić information content (AvgIpc) is 2.65. The van der Waals surface area contributed by atoms with Crippen LogP contribution in [0.25, 0.3) is 0 Å². The third-order valence-corrected chi connectivity index (χ3v) is 4.41. The lowest BCUT2D eigenvalue weighted by atomic mass is 9.83. The molecule has 0 radical (unpaired) electrons. The predicted octanol–water partition coefficient (Wildman–Crippen LogP) is 2.32. The van der Waals surface area contributed by atoms with Crippen molar-refractivity contribution in [2.45, 2.75) is 38.1 Å². The molecule has 24 heavy (non-hydrogen) atoms. The molecule has 130 valence electrons. The monoisotopic (exact) mass is 333 g/mol. The number of methoxy groups -OCH3 is 2. The van der Waals surface area contributed by atoms with Gasteiger partial charge in [-0.2, -0.15) is 0 Å².